The van der Waals surface area contributed by atoms with Crippen LogP contribution in [-0.4, -0.2) is 93.7 Å². The number of hydrogen-bond donors (Lipinski definition) is 0. The van der Waals surface area contributed by atoms with E-state index >= 15 is 0 Å². The summed E-state index contributed by atoms with van der Waals surface area (Å²) in [6.07, 6.45) is -0.194. The van der Waals surface area contributed by atoms with Crippen LogP contribution in [0.1, 0.15) is 27.7 Å². The molecule has 1 saturated heterocycles. The molecule has 0 N–H and O–H groups in total. The molecule has 0 radical (unpaired) electrons. The van der Waals surface area contributed by atoms with Gasteiger partial charge in [0.1, 0.15) is 6.10 Å². The van der Waals surface area contributed by atoms with Crippen LogP contribution in [0.3, 0.4) is 0 Å². The molecule has 39 heavy (non-hydrogen) atoms. The zero-order chi connectivity index (χ0) is 27.8. The van der Waals surface area contributed by atoms with Crippen LogP contribution >= 0.6 is 0 Å². The van der Waals surface area contributed by atoms with Crippen molar-refractivity contribution >= 4 is 13.5 Å². The summed E-state index contributed by atoms with van der Waals surface area (Å²) in [6.45, 7) is 15.3. The lowest BCUT2D eigenvalue weighted by Crippen LogP contribution is -2.57. The molecule has 1 aliphatic rings. The Kier molecular flexibility index (Phi) is 14.7. The topological polar surface area (TPSA) is 64.6 Å². The number of benzene rings is 2. The maximum Gasteiger partial charge on any atom is 0.229 e. The smallest absolute Gasteiger partial charge is 0.229 e. The Morgan fingerprint density at radius 1 is 0.615 bits per heavy atom. The summed E-state index contributed by atoms with van der Waals surface area (Å²) in [6, 6.07) is 19.5. The zero-order valence-electron chi connectivity index (χ0n) is 24.3. The van der Waals surface area contributed by atoms with Crippen molar-refractivity contribution in [2.45, 2.75) is 44.9 Å². The number of rotatable bonds is 7. The van der Waals surface area contributed by atoms with Crippen LogP contribution in [-0.2, 0) is 32.8 Å². The summed E-state index contributed by atoms with van der Waals surface area (Å²) in [7, 11) is -2.36. The molecule has 1 aliphatic heterocycles. The summed E-state index contributed by atoms with van der Waals surface area (Å²) < 4.78 is 41.4. The average molecular weight is 561 g/mol. The van der Waals surface area contributed by atoms with Crippen molar-refractivity contribution < 1.29 is 32.8 Å². The Bertz CT molecular complexity index is 866. The van der Waals surface area contributed by atoms with E-state index in [2.05, 4.69) is 76.2 Å². The third-order valence-electron chi connectivity index (χ3n) is 7.04. The van der Waals surface area contributed by atoms with Gasteiger partial charge in [-0.2, -0.15) is 0 Å². The second-order valence-electron chi connectivity index (χ2n) is 10.4. The van der Waals surface area contributed by atoms with E-state index in [9.17, 15) is 0 Å². The molecule has 7 nitrogen and oxygen atoms in total. The molecule has 0 amide bonds. The first kappa shape index (κ1) is 31.9. The van der Waals surface area contributed by atoms with E-state index in [1.165, 1.54) is 16.3 Å². The van der Waals surface area contributed by atoms with Gasteiger partial charge in [0.15, 0.2) is 0 Å². The van der Waals surface area contributed by atoms with Gasteiger partial charge in [0.05, 0.1) is 79.3 Å². The third kappa shape index (κ3) is 10.4. The Labute approximate surface area is 236 Å². The molecule has 0 bridgehead atoms. The average Bonchev–Trinajstić information content (AvgIpc) is 2.94. The molecule has 0 saturated carbocycles. The minimum Gasteiger partial charge on any atom is -0.409 e. The minimum atomic E-state index is -2.36. The zero-order valence-corrected chi connectivity index (χ0v) is 25.3. The van der Waals surface area contributed by atoms with Crippen LogP contribution in [0.2, 0.25) is 11.1 Å². The van der Waals surface area contributed by atoms with Gasteiger partial charge in [-0.3, -0.25) is 0 Å². The molecule has 0 aliphatic carbocycles. The van der Waals surface area contributed by atoms with E-state index in [1.807, 2.05) is 6.07 Å². The summed E-state index contributed by atoms with van der Waals surface area (Å²) in [5.41, 5.74) is 3.22. The van der Waals surface area contributed by atoms with Gasteiger partial charge in [-0.25, -0.2) is 0 Å². The lowest BCUT2D eigenvalue weighted by molar-refractivity contribution is -0.0722. The van der Waals surface area contributed by atoms with Crippen LogP contribution in [0.5, 0.6) is 0 Å². The van der Waals surface area contributed by atoms with Crippen molar-refractivity contribution in [3.05, 3.63) is 54.6 Å². The molecule has 1 unspecified atom stereocenters. The molecule has 0 aromatic heterocycles. The number of ether oxygens (including phenoxy) is 6. The fraction of sp³-hybridized carbons (Fsp3) is 0.613. The first-order valence-electron chi connectivity index (χ1n) is 14.3. The maximum absolute atomic E-state index is 6.99. The highest BCUT2D eigenvalue weighted by Crippen LogP contribution is 2.34. The normalized spacial score (nSPS) is 20.0. The molecule has 2 aromatic carbocycles. The summed E-state index contributed by atoms with van der Waals surface area (Å²) >= 11 is 0. The molecule has 8 heteroatoms. The van der Waals surface area contributed by atoms with Gasteiger partial charge in [0, 0.05) is 0 Å². The Hall–Kier alpha value is -1.62. The predicted octanol–water partition coefficient (Wildman–Crippen LogP) is 4.82. The van der Waals surface area contributed by atoms with E-state index in [-0.39, 0.29) is 6.10 Å². The standard InChI is InChI=1S/C31H48O7Si/c1-26(2)39(27(3)4,31-12-10-29(11-13-31)28-8-6-5-7-9-28)38-25-30-24-36-21-20-34-17-16-32-14-15-33-18-19-35-22-23-37-30/h5-13,26-27,30H,14-25H2,1-4H3. The molecular weight excluding hydrogens is 512 g/mol. The SMILES string of the molecule is CC(C)[Si](OCC1COCCOCCOCCOCCOCCO1)(c1ccc(-c2ccccc2)cc1)C(C)C. The van der Waals surface area contributed by atoms with E-state index in [1.54, 1.807) is 0 Å². The molecular formula is C31H48O7Si. The second kappa shape index (κ2) is 17.9. The van der Waals surface area contributed by atoms with E-state index < -0.39 is 8.32 Å². The van der Waals surface area contributed by atoms with Crippen molar-refractivity contribution in [3.63, 3.8) is 0 Å². The molecule has 2 aromatic rings. The summed E-state index contributed by atoms with van der Waals surface area (Å²) in [5, 5.41) is 1.31. The van der Waals surface area contributed by atoms with Gasteiger partial charge in [-0.05, 0) is 27.4 Å². The van der Waals surface area contributed by atoms with Crippen molar-refractivity contribution in [2.75, 3.05) is 79.3 Å². The van der Waals surface area contributed by atoms with E-state index in [4.69, 9.17) is 32.8 Å². The first-order valence-corrected chi connectivity index (χ1v) is 16.4. The molecule has 1 fully saturated rings. The van der Waals surface area contributed by atoms with Gasteiger partial charge < -0.3 is 32.8 Å². The van der Waals surface area contributed by atoms with Gasteiger partial charge in [-0.15, -0.1) is 0 Å². The van der Waals surface area contributed by atoms with Crippen LogP contribution in [0.15, 0.2) is 54.6 Å². The van der Waals surface area contributed by atoms with Crippen LogP contribution in [0.4, 0.5) is 0 Å². The quantitative estimate of drug-likeness (QED) is 0.450. The highest BCUT2D eigenvalue weighted by Gasteiger charge is 2.44. The van der Waals surface area contributed by atoms with Crippen LogP contribution in [0, 0.1) is 0 Å². The largest absolute Gasteiger partial charge is 0.409 e. The van der Waals surface area contributed by atoms with Gasteiger partial charge in [-0.1, -0.05) is 82.3 Å². The second-order valence-corrected chi connectivity index (χ2v) is 15.1. The van der Waals surface area contributed by atoms with Gasteiger partial charge >= 0.3 is 0 Å². The minimum absolute atomic E-state index is 0.194. The molecule has 1 heterocycles. The molecule has 3 rings (SSSR count). The van der Waals surface area contributed by atoms with Crippen molar-refractivity contribution in [1.29, 1.82) is 0 Å². The summed E-state index contributed by atoms with van der Waals surface area (Å²) in [5.74, 6) is 0. The monoisotopic (exact) mass is 560 g/mol. The Morgan fingerprint density at radius 2 is 1.08 bits per heavy atom. The molecule has 218 valence electrons. The third-order valence-corrected chi connectivity index (χ3v) is 12.4. The van der Waals surface area contributed by atoms with Crippen LogP contribution < -0.4 is 5.19 Å². The van der Waals surface area contributed by atoms with Gasteiger partial charge in [0.25, 0.3) is 0 Å². The van der Waals surface area contributed by atoms with Crippen LogP contribution in [0.25, 0.3) is 11.1 Å². The fourth-order valence-corrected chi connectivity index (χ4v) is 9.70. The highest BCUT2D eigenvalue weighted by atomic mass is 28.4. The lowest BCUT2D eigenvalue weighted by Gasteiger charge is -2.40. The van der Waals surface area contributed by atoms with E-state index in [0.29, 0.717) is 90.4 Å². The van der Waals surface area contributed by atoms with Crippen molar-refractivity contribution in [3.8, 4) is 11.1 Å². The highest BCUT2D eigenvalue weighted by molar-refractivity contribution is 6.88. The number of hydrogen-bond acceptors (Lipinski definition) is 7. The predicted molar refractivity (Wildman–Crippen MR) is 157 cm³/mol. The molecule has 1 atom stereocenters. The fourth-order valence-electron chi connectivity index (χ4n) is 5.05. The summed E-state index contributed by atoms with van der Waals surface area (Å²) in [4.78, 5) is 0. The van der Waals surface area contributed by atoms with Gasteiger partial charge in [0.2, 0.25) is 8.32 Å². The van der Waals surface area contributed by atoms with Crippen molar-refractivity contribution in [1.82, 2.24) is 0 Å². The first-order chi connectivity index (χ1) is 19.0. The Balaban J connectivity index is 1.66. The van der Waals surface area contributed by atoms with Crippen molar-refractivity contribution in [2.24, 2.45) is 0 Å². The van der Waals surface area contributed by atoms with E-state index in [0.717, 1.165) is 0 Å². The lowest BCUT2D eigenvalue weighted by atomic mass is 10.1. The maximum atomic E-state index is 6.99. The Morgan fingerprint density at radius 3 is 1.59 bits per heavy atom. The molecule has 0 spiro atoms.